The van der Waals surface area contributed by atoms with Crippen molar-refractivity contribution in [1.82, 2.24) is 0 Å². The fraction of sp³-hybridized carbons (Fsp3) is 1.00. The molecule has 0 bridgehead atoms. The summed E-state index contributed by atoms with van der Waals surface area (Å²) in [4.78, 5) is 0. The summed E-state index contributed by atoms with van der Waals surface area (Å²) in [5, 5.41) is 0. The quantitative estimate of drug-likeness (QED) is 0.563. The van der Waals surface area contributed by atoms with Gasteiger partial charge in [-0.1, -0.05) is 0 Å². The van der Waals surface area contributed by atoms with Gasteiger partial charge in [-0.05, 0) is 0 Å². The molecule has 0 N–H and O–H groups in total. The van der Waals surface area contributed by atoms with Crippen LogP contribution in [-0.2, 0) is 7.45 Å². The van der Waals surface area contributed by atoms with E-state index in [1.807, 2.05) is 0 Å². The summed E-state index contributed by atoms with van der Waals surface area (Å²) in [5.74, 6) is 0. The molecule has 4 heteroatoms. The second-order valence-corrected chi connectivity index (χ2v) is 6.33. The Hall–Kier alpha value is 0.768. The van der Waals surface area contributed by atoms with Crippen LogP contribution in [0.3, 0.4) is 0 Å². The molecule has 0 saturated carbocycles. The predicted octanol–water partition coefficient (Wildman–Crippen LogP) is 1.28. The van der Waals surface area contributed by atoms with Crippen LogP contribution in [0.4, 0.5) is 0 Å². The summed E-state index contributed by atoms with van der Waals surface area (Å²) in [6.07, 6.45) is 0. The van der Waals surface area contributed by atoms with E-state index in [-0.39, 0.29) is 5.41 Å². The van der Waals surface area contributed by atoms with Crippen LogP contribution in [0, 0.1) is 5.41 Å². The summed E-state index contributed by atoms with van der Waals surface area (Å²) in [6.45, 7) is 5.70. The van der Waals surface area contributed by atoms with Crippen LogP contribution in [0.25, 0.3) is 0 Å². The zero-order valence-corrected chi connectivity index (χ0v) is 8.19. The van der Waals surface area contributed by atoms with E-state index in [0.29, 0.717) is 0 Å². The van der Waals surface area contributed by atoms with Crippen LogP contribution in [0.1, 0.15) is 13.8 Å². The van der Waals surface area contributed by atoms with Gasteiger partial charge in [0.05, 0.1) is 0 Å². The molecule has 0 amide bonds. The van der Waals surface area contributed by atoms with Gasteiger partial charge in [-0.2, -0.15) is 0 Å². The molecule has 0 aromatic carbocycles. The molecule has 0 unspecified atom stereocenters. The number of halogens is 1. The van der Waals surface area contributed by atoms with Gasteiger partial charge in [-0.3, -0.25) is 0 Å². The monoisotopic (exact) mass is 212 g/mol. The first-order valence-electron chi connectivity index (χ1n) is 2.82. The molecule has 0 spiro atoms. The third-order valence-electron chi connectivity index (χ3n) is 1.11. The van der Waals surface area contributed by atoms with Crippen molar-refractivity contribution in [3.05, 3.63) is 0 Å². The van der Waals surface area contributed by atoms with E-state index < -0.39 is 14.4 Å². The average molecular weight is 213 g/mol. The fourth-order valence-electron chi connectivity index (χ4n) is 0.530. The van der Waals surface area contributed by atoms with Crippen molar-refractivity contribution in [2.24, 2.45) is 5.41 Å². The van der Waals surface area contributed by atoms with Gasteiger partial charge in [0.25, 0.3) is 0 Å². The molecule has 1 heterocycles. The molecule has 0 atom stereocenters. The number of hydrogen-bond acceptors (Lipinski definition) is 2. The van der Waals surface area contributed by atoms with Crippen LogP contribution >= 0.6 is 9.95 Å². The molecular formula is C5H10AsClO2. The summed E-state index contributed by atoms with van der Waals surface area (Å²) in [7, 11) is 5.65. The molecule has 0 radical (unpaired) electrons. The Morgan fingerprint density at radius 1 is 1.33 bits per heavy atom. The molecule has 54 valence electrons. The zero-order valence-electron chi connectivity index (χ0n) is 5.56. The van der Waals surface area contributed by atoms with Crippen LogP contribution in [-0.4, -0.2) is 27.6 Å². The first kappa shape index (κ1) is 7.87. The van der Waals surface area contributed by atoms with Crippen molar-refractivity contribution in [2.45, 2.75) is 13.8 Å². The standard InChI is InChI=1S/C5H10AsClO2/c1-5(2)3-8-6(7)9-4-5/h3-4H2,1-2H3. The first-order valence-corrected chi connectivity index (χ1v) is 6.82. The molecular weight excluding hydrogens is 202 g/mol. The van der Waals surface area contributed by atoms with Crippen LogP contribution in [0.15, 0.2) is 0 Å². The third-order valence-corrected chi connectivity index (χ3v) is 3.52. The molecule has 9 heavy (non-hydrogen) atoms. The molecule has 0 aromatic heterocycles. The Balaban J connectivity index is 2.35. The Labute approximate surface area is 64.6 Å². The van der Waals surface area contributed by atoms with E-state index in [4.69, 9.17) is 17.4 Å². The van der Waals surface area contributed by atoms with Gasteiger partial charge in [0.1, 0.15) is 0 Å². The van der Waals surface area contributed by atoms with Crippen LogP contribution in [0.2, 0.25) is 0 Å². The normalized spacial score (nSPS) is 28.3. The zero-order chi connectivity index (χ0) is 6.91. The predicted molar refractivity (Wildman–Crippen MR) is 37.3 cm³/mol. The first-order chi connectivity index (χ1) is 4.10. The van der Waals surface area contributed by atoms with Crippen molar-refractivity contribution < 1.29 is 7.45 Å². The van der Waals surface area contributed by atoms with Crippen molar-refractivity contribution in [2.75, 3.05) is 13.2 Å². The molecule has 1 aliphatic rings. The average Bonchev–Trinajstić information content (AvgIpc) is 1.78. The Morgan fingerprint density at radius 2 is 1.78 bits per heavy atom. The van der Waals surface area contributed by atoms with E-state index in [9.17, 15) is 0 Å². The summed E-state index contributed by atoms with van der Waals surface area (Å²) in [5.41, 5.74) is 0.167. The Bertz CT molecular complexity index is 97.1. The van der Waals surface area contributed by atoms with Crippen molar-refractivity contribution in [1.29, 1.82) is 0 Å². The third kappa shape index (κ3) is 2.46. The second kappa shape index (κ2) is 2.79. The van der Waals surface area contributed by atoms with Crippen molar-refractivity contribution in [3.63, 3.8) is 0 Å². The van der Waals surface area contributed by atoms with Crippen LogP contribution in [0.5, 0.6) is 0 Å². The Morgan fingerprint density at radius 3 is 2.11 bits per heavy atom. The molecule has 0 aliphatic carbocycles. The molecule has 0 aromatic rings. The minimum atomic E-state index is -1.76. The summed E-state index contributed by atoms with van der Waals surface area (Å²) < 4.78 is 10.4. The van der Waals surface area contributed by atoms with Gasteiger partial charge >= 0.3 is 64.3 Å². The van der Waals surface area contributed by atoms with E-state index in [1.54, 1.807) is 0 Å². The Kier molecular flexibility index (Phi) is 2.44. The minimum absolute atomic E-state index is 0.167. The van der Waals surface area contributed by atoms with E-state index in [2.05, 4.69) is 13.8 Å². The van der Waals surface area contributed by atoms with Gasteiger partial charge in [-0.15, -0.1) is 0 Å². The maximum atomic E-state index is 5.65. The topological polar surface area (TPSA) is 18.5 Å². The van der Waals surface area contributed by atoms with E-state index >= 15 is 0 Å². The van der Waals surface area contributed by atoms with E-state index in [1.165, 1.54) is 0 Å². The summed E-state index contributed by atoms with van der Waals surface area (Å²) in [6, 6.07) is 0. The molecule has 1 aliphatic heterocycles. The molecule has 1 saturated heterocycles. The van der Waals surface area contributed by atoms with Gasteiger partial charge in [0, 0.05) is 0 Å². The molecule has 1 fully saturated rings. The maximum absolute atomic E-state index is 5.65. The van der Waals surface area contributed by atoms with Crippen molar-refractivity contribution in [3.8, 4) is 0 Å². The molecule has 1 rings (SSSR count). The second-order valence-electron chi connectivity index (χ2n) is 2.92. The fourth-order valence-corrected chi connectivity index (χ4v) is 3.09. The van der Waals surface area contributed by atoms with Gasteiger partial charge in [-0.25, -0.2) is 0 Å². The number of rotatable bonds is 0. The SMILES string of the molecule is CC1(C)CO[As](Cl)OC1. The number of hydrogen-bond donors (Lipinski definition) is 0. The van der Waals surface area contributed by atoms with Gasteiger partial charge in [0.2, 0.25) is 0 Å². The summed E-state index contributed by atoms with van der Waals surface area (Å²) >= 11 is -1.76. The van der Waals surface area contributed by atoms with Gasteiger partial charge in [0.15, 0.2) is 0 Å². The van der Waals surface area contributed by atoms with E-state index in [0.717, 1.165) is 13.2 Å². The van der Waals surface area contributed by atoms with Crippen molar-refractivity contribution >= 4 is 24.3 Å². The molecule has 2 nitrogen and oxygen atoms in total. The van der Waals surface area contributed by atoms with Gasteiger partial charge < -0.3 is 0 Å². The van der Waals surface area contributed by atoms with Crippen LogP contribution < -0.4 is 0 Å².